The molecule has 3 rings (SSSR count). The molecule has 0 bridgehead atoms. The van der Waals surface area contributed by atoms with Crippen LogP contribution in [0.1, 0.15) is 32.1 Å². The minimum atomic E-state index is -3.20. The summed E-state index contributed by atoms with van der Waals surface area (Å²) < 4.78 is 36.5. The second kappa shape index (κ2) is 8.81. The van der Waals surface area contributed by atoms with Gasteiger partial charge in [-0.05, 0) is 38.4 Å². The van der Waals surface area contributed by atoms with Gasteiger partial charge >= 0.3 is 0 Å². The van der Waals surface area contributed by atoms with Gasteiger partial charge in [-0.1, -0.05) is 23.7 Å². The predicted octanol–water partition coefficient (Wildman–Crippen LogP) is 2.04. The minimum Gasteiger partial charge on any atom is -0.493 e. The van der Waals surface area contributed by atoms with Crippen molar-refractivity contribution in [2.75, 3.05) is 26.0 Å². The fraction of sp³-hybridized carbons (Fsp3) is 0.556. The van der Waals surface area contributed by atoms with E-state index in [-0.39, 0.29) is 6.04 Å². The van der Waals surface area contributed by atoms with Gasteiger partial charge in [0, 0.05) is 12.6 Å². The third-order valence-electron chi connectivity index (χ3n) is 4.56. The van der Waals surface area contributed by atoms with Crippen LogP contribution in [0.2, 0.25) is 0 Å². The first-order valence-corrected chi connectivity index (χ1v) is 11.1. The zero-order chi connectivity index (χ0) is 19.3. The van der Waals surface area contributed by atoms with Gasteiger partial charge in [0.1, 0.15) is 5.75 Å². The second-order valence-electron chi connectivity index (χ2n) is 6.68. The maximum absolute atomic E-state index is 11.4. The van der Waals surface area contributed by atoms with Crippen molar-refractivity contribution in [3.8, 4) is 17.1 Å². The van der Waals surface area contributed by atoms with Crippen LogP contribution in [0, 0.1) is 0 Å². The summed E-state index contributed by atoms with van der Waals surface area (Å²) in [5, 5.41) is 4.10. The summed E-state index contributed by atoms with van der Waals surface area (Å²) >= 11 is 0. The van der Waals surface area contributed by atoms with Gasteiger partial charge in [0.2, 0.25) is 21.7 Å². The topological polar surface area (TPSA) is 97.6 Å². The maximum atomic E-state index is 11.4. The molecule has 1 aromatic carbocycles. The van der Waals surface area contributed by atoms with E-state index < -0.39 is 10.0 Å². The van der Waals surface area contributed by atoms with Crippen molar-refractivity contribution in [3.05, 3.63) is 30.2 Å². The van der Waals surface area contributed by atoms with Crippen molar-refractivity contribution in [1.29, 1.82) is 0 Å². The number of benzene rings is 1. The van der Waals surface area contributed by atoms with Crippen molar-refractivity contribution in [3.63, 3.8) is 0 Å². The molecule has 0 aliphatic carbocycles. The van der Waals surface area contributed by atoms with Gasteiger partial charge in [0.05, 0.1) is 25.0 Å². The standard InChI is InChI=1S/C18H26N4O4S/c1-3-25-16-10-5-4-9-15(16)18-20-17(26-21-18)13-22-11-7-6-8-14(22)12-19-27(2,23)24/h4-5,9-10,14,19H,3,6-8,11-13H2,1-2H3/t14-/m1/s1. The predicted molar refractivity (Wildman–Crippen MR) is 102 cm³/mol. The third-order valence-corrected chi connectivity index (χ3v) is 5.26. The Hall–Kier alpha value is -1.97. The van der Waals surface area contributed by atoms with Crippen LogP contribution in [0.25, 0.3) is 11.4 Å². The van der Waals surface area contributed by atoms with Crippen molar-refractivity contribution < 1.29 is 17.7 Å². The lowest BCUT2D eigenvalue weighted by Crippen LogP contribution is -2.46. The molecule has 1 atom stereocenters. The van der Waals surface area contributed by atoms with E-state index in [2.05, 4.69) is 19.8 Å². The number of para-hydroxylation sites is 1. The number of piperidine rings is 1. The zero-order valence-electron chi connectivity index (χ0n) is 15.7. The lowest BCUT2D eigenvalue weighted by molar-refractivity contribution is 0.125. The van der Waals surface area contributed by atoms with E-state index in [4.69, 9.17) is 9.26 Å². The Labute approximate surface area is 160 Å². The summed E-state index contributed by atoms with van der Waals surface area (Å²) in [6.45, 7) is 4.26. The van der Waals surface area contributed by atoms with Gasteiger partial charge in [-0.25, -0.2) is 13.1 Å². The maximum Gasteiger partial charge on any atom is 0.241 e. The number of sulfonamides is 1. The molecule has 1 aliphatic rings. The lowest BCUT2D eigenvalue weighted by Gasteiger charge is -2.34. The quantitative estimate of drug-likeness (QED) is 0.732. The summed E-state index contributed by atoms with van der Waals surface area (Å²) in [5.41, 5.74) is 0.795. The molecular formula is C18H26N4O4S. The van der Waals surface area contributed by atoms with Crippen molar-refractivity contribution in [2.24, 2.45) is 0 Å². The number of ether oxygens (including phenoxy) is 1. The largest absolute Gasteiger partial charge is 0.493 e. The zero-order valence-corrected chi connectivity index (χ0v) is 16.5. The lowest BCUT2D eigenvalue weighted by atomic mass is 10.0. The van der Waals surface area contributed by atoms with Crippen LogP contribution in [0.3, 0.4) is 0 Å². The Kier molecular flexibility index (Phi) is 6.46. The van der Waals surface area contributed by atoms with Gasteiger partial charge in [0.25, 0.3) is 0 Å². The summed E-state index contributed by atoms with van der Waals surface area (Å²) in [6, 6.07) is 7.72. The Morgan fingerprint density at radius 2 is 2.15 bits per heavy atom. The van der Waals surface area contributed by atoms with Crippen LogP contribution in [0.15, 0.2) is 28.8 Å². The van der Waals surface area contributed by atoms with Crippen molar-refractivity contribution in [1.82, 2.24) is 19.8 Å². The highest BCUT2D eigenvalue weighted by Crippen LogP contribution is 2.28. The monoisotopic (exact) mass is 394 g/mol. The molecule has 1 fully saturated rings. The molecule has 1 saturated heterocycles. The highest BCUT2D eigenvalue weighted by molar-refractivity contribution is 7.88. The first kappa shape index (κ1) is 19.8. The van der Waals surface area contributed by atoms with E-state index >= 15 is 0 Å². The Morgan fingerprint density at radius 3 is 2.93 bits per heavy atom. The normalized spacial score (nSPS) is 18.5. The molecule has 8 nitrogen and oxygen atoms in total. The number of hydrogen-bond donors (Lipinski definition) is 1. The Bertz CT molecular complexity index is 853. The molecular weight excluding hydrogens is 368 g/mol. The summed E-state index contributed by atoms with van der Waals surface area (Å²) in [7, 11) is -3.20. The molecule has 2 heterocycles. The molecule has 1 aliphatic heterocycles. The molecule has 1 aromatic heterocycles. The highest BCUT2D eigenvalue weighted by atomic mass is 32.2. The second-order valence-corrected chi connectivity index (χ2v) is 8.51. The van der Waals surface area contributed by atoms with Crippen LogP contribution in [-0.2, 0) is 16.6 Å². The molecule has 0 spiro atoms. The summed E-state index contributed by atoms with van der Waals surface area (Å²) in [4.78, 5) is 6.72. The van der Waals surface area contributed by atoms with Crippen LogP contribution in [0.5, 0.6) is 5.75 Å². The molecule has 9 heteroatoms. The summed E-state index contributed by atoms with van der Waals surface area (Å²) in [6.07, 6.45) is 4.28. The average Bonchev–Trinajstić information content (AvgIpc) is 3.09. The fourth-order valence-electron chi connectivity index (χ4n) is 3.28. The van der Waals surface area contributed by atoms with Gasteiger partial charge < -0.3 is 9.26 Å². The van der Waals surface area contributed by atoms with E-state index in [1.807, 2.05) is 31.2 Å². The van der Waals surface area contributed by atoms with Crippen LogP contribution < -0.4 is 9.46 Å². The Balaban J connectivity index is 1.71. The molecule has 1 N–H and O–H groups in total. The molecule has 27 heavy (non-hydrogen) atoms. The first-order chi connectivity index (χ1) is 13.0. The minimum absolute atomic E-state index is 0.125. The van der Waals surface area contributed by atoms with Gasteiger partial charge in [-0.2, -0.15) is 4.98 Å². The van der Waals surface area contributed by atoms with Crippen LogP contribution >= 0.6 is 0 Å². The van der Waals surface area contributed by atoms with Crippen molar-refractivity contribution >= 4 is 10.0 Å². The van der Waals surface area contributed by atoms with E-state index in [0.29, 0.717) is 31.4 Å². The van der Waals surface area contributed by atoms with Gasteiger partial charge in [0.15, 0.2) is 0 Å². The smallest absolute Gasteiger partial charge is 0.241 e. The number of nitrogens with one attached hydrogen (secondary N) is 1. The first-order valence-electron chi connectivity index (χ1n) is 9.19. The molecule has 0 saturated carbocycles. The SMILES string of the molecule is CCOc1ccccc1-c1noc(CN2CCCC[C@@H]2CNS(C)(=O)=O)n1. The number of likely N-dealkylation sites (tertiary alicyclic amines) is 1. The van der Waals surface area contributed by atoms with E-state index in [1.165, 1.54) is 6.26 Å². The molecule has 148 valence electrons. The molecule has 0 radical (unpaired) electrons. The van der Waals surface area contributed by atoms with E-state index in [0.717, 1.165) is 37.1 Å². The van der Waals surface area contributed by atoms with Crippen LogP contribution in [0.4, 0.5) is 0 Å². The molecule has 0 unspecified atom stereocenters. The van der Waals surface area contributed by atoms with Crippen molar-refractivity contribution in [2.45, 2.75) is 38.8 Å². The average molecular weight is 394 g/mol. The molecule has 0 amide bonds. The fourth-order valence-corrected chi connectivity index (χ4v) is 3.78. The van der Waals surface area contributed by atoms with Crippen LogP contribution in [-0.4, -0.2) is 55.5 Å². The number of hydrogen-bond acceptors (Lipinski definition) is 7. The summed E-state index contributed by atoms with van der Waals surface area (Å²) in [5.74, 6) is 1.74. The number of rotatable bonds is 8. The number of aromatic nitrogens is 2. The van der Waals surface area contributed by atoms with Gasteiger partial charge in [-0.15, -0.1) is 0 Å². The third kappa shape index (κ3) is 5.50. The van der Waals surface area contributed by atoms with E-state index in [9.17, 15) is 8.42 Å². The van der Waals surface area contributed by atoms with Gasteiger partial charge in [-0.3, -0.25) is 4.90 Å². The number of nitrogens with zero attached hydrogens (tertiary/aromatic N) is 3. The molecule has 2 aromatic rings. The highest BCUT2D eigenvalue weighted by Gasteiger charge is 2.25. The Morgan fingerprint density at radius 1 is 1.33 bits per heavy atom. The van der Waals surface area contributed by atoms with E-state index in [1.54, 1.807) is 0 Å².